The zero-order valence-electron chi connectivity index (χ0n) is 14.9. The number of anilines is 1. The van der Waals surface area contributed by atoms with Crippen LogP contribution < -0.4 is 10.1 Å². The minimum Gasteiger partial charge on any atom is -0.497 e. The molecule has 0 aromatic heterocycles. The van der Waals surface area contributed by atoms with Crippen LogP contribution in [0.5, 0.6) is 5.75 Å². The lowest BCUT2D eigenvalue weighted by Gasteiger charge is -2.16. The highest BCUT2D eigenvalue weighted by atomic mass is 32.2. The van der Waals surface area contributed by atoms with E-state index in [9.17, 15) is 18.5 Å². The van der Waals surface area contributed by atoms with Crippen molar-refractivity contribution in [2.75, 3.05) is 25.5 Å². The number of nitrogens with zero attached hydrogens (tertiary/aromatic N) is 2. The molecular formula is C18H21N3O5S. The summed E-state index contributed by atoms with van der Waals surface area (Å²) in [6, 6.07) is 11.3. The van der Waals surface area contributed by atoms with Gasteiger partial charge in [0.15, 0.2) is 0 Å². The van der Waals surface area contributed by atoms with Gasteiger partial charge >= 0.3 is 0 Å². The van der Waals surface area contributed by atoms with E-state index in [4.69, 9.17) is 4.74 Å². The van der Waals surface area contributed by atoms with Gasteiger partial charge in [-0.25, -0.2) is 8.42 Å². The van der Waals surface area contributed by atoms with Crippen molar-refractivity contribution in [2.24, 2.45) is 0 Å². The number of nitro benzene ring substituents is 1. The molecule has 0 radical (unpaired) electrons. The Balaban J connectivity index is 1.84. The molecular weight excluding hydrogens is 370 g/mol. The molecule has 1 aliphatic rings. The van der Waals surface area contributed by atoms with E-state index in [0.717, 1.165) is 24.5 Å². The molecule has 9 heteroatoms. The summed E-state index contributed by atoms with van der Waals surface area (Å²) in [6.07, 6.45) is 1.61. The first kappa shape index (κ1) is 19.1. The molecule has 1 N–H and O–H groups in total. The Morgan fingerprint density at radius 1 is 1.19 bits per heavy atom. The van der Waals surface area contributed by atoms with E-state index < -0.39 is 14.9 Å². The minimum absolute atomic E-state index is 0.0527. The van der Waals surface area contributed by atoms with E-state index in [-0.39, 0.29) is 16.3 Å². The summed E-state index contributed by atoms with van der Waals surface area (Å²) < 4.78 is 31.8. The SMILES string of the molecule is COc1cccc(CNc2ccc(S(=O)(=O)N3CCCC3)cc2[N+](=O)[O-])c1. The van der Waals surface area contributed by atoms with Crippen LogP contribution in [-0.4, -0.2) is 37.8 Å². The molecule has 0 bridgehead atoms. The van der Waals surface area contributed by atoms with Crippen LogP contribution in [0.25, 0.3) is 0 Å². The van der Waals surface area contributed by atoms with Crippen molar-refractivity contribution >= 4 is 21.4 Å². The Morgan fingerprint density at radius 3 is 2.59 bits per heavy atom. The third kappa shape index (κ3) is 4.20. The fraction of sp³-hybridized carbons (Fsp3) is 0.333. The zero-order valence-corrected chi connectivity index (χ0v) is 15.7. The summed E-state index contributed by atoms with van der Waals surface area (Å²) in [7, 11) is -2.14. The van der Waals surface area contributed by atoms with Gasteiger partial charge in [-0.15, -0.1) is 0 Å². The van der Waals surface area contributed by atoms with Crippen molar-refractivity contribution in [2.45, 2.75) is 24.3 Å². The Bertz CT molecular complexity index is 940. The van der Waals surface area contributed by atoms with Gasteiger partial charge in [0.05, 0.1) is 16.9 Å². The van der Waals surface area contributed by atoms with Crippen LogP contribution in [0.1, 0.15) is 18.4 Å². The molecule has 2 aromatic carbocycles. The van der Waals surface area contributed by atoms with Gasteiger partial charge in [0.25, 0.3) is 5.69 Å². The first-order chi connectivity index (χ1) is 12.9. The van der Waals surface area contributed by atoms with E-state index in [1.54, 1.807) is 7.11 Å². The highest BCUT2D eigenvalue weighted by Crippen LogP contribution is 2.30. The Kier molecular flexibility index (Phi) is 5.62. The number of rotatable bonds is 7. The predicted octanol–water partition coefficient (Wildman–Crippen LogP) is 3.00. The zero-order chi connectivity index (χ0) is 19.4. The summed E-state index contributed by atoms with van der Waals surface area (Å²) >= 11 is 0. The van der Waals surface area contributed by atoms with Gasteiger partial charge in [-0.1, -0.05) is 12.1 Å². The predicted molar refractivity (Wildman–Crippen MR) is 101 cm³/mol. The molecule has 0 spiro atoms. The van der Waals surface area contributed by atoms with Crippen molar-refractivity contribution in [3.05, 3.63) is 58.1 Å². The van der Waals surface area contributed by atoms with Gasteiger partial charge in [-0.05, 0) is 42.7 Å². The largest absolute Gasteiger partial charge is 0.497 e. The number of methoxy groups -OCH3 is 1. The van der Waals surface area contributed by atoms with Gasteiger partial charge in [0.2, 0.25) is 10.0 Å². The second kappa shape index (κ2) is 7.93. The standard InChI is InChI=1S/C18H21N3O5S/c1-26-15-6-4-5-14(11-15)13-19-17-8-7-16(12-18(17)21(22)23)27(24,25)20-9-2-3-10-20/h4-8,11-12,19H,2-3,9-10,13H2,1H3. The van der Waals surface area contributed by atoms with E-state index in [1.165, 1.54) is 16.4 Å². The molecule has 1 aliphatic heterocycles. The second-order valence-corrected chi connectivity index (χ2v) is 8.19. The number of nitrogens with one attached hydrogen (secondary N) is 1. The lowest BCUT2D eigenvalue weighted by Crippen LogP contribution is -2.27. The van der Waals surface area contributed by atoms with Crippen LogP contribution in [0.15, 0.2) is 47.4 Å². The molecule has 144 valence electrons. The fourth-order valence-corrected chi connectivity index (χ4v) is 4.57. The van der Waals surface area contributed by atoms with E-state index in [2.05, 4.69) is 5.32 Å². The molecule has 8 nitrogen and oxygen atoms in total. The van der Waals surface area contributed by atoms with Gasteiger partial charge in [0.1, 0.15) is 11.4 Å². The van der Waals surface area contributed by atoms with Crippen LogP contribution in [0, 0.1) is 10.1 Å². The van der Waals surface area contributed by atoms with E-state index in [0.29, 0.717) is 25.4 Å². The molecule has 1 saturated heterocycles. The van der Waals surface area contributed by atoms with Crippen molar-refractivity contribution in [3.8, 4) is 5.75 Å². The topological polar surface area (TPSA) is 102 Å². The summed E-state index contributed by atoms with van der Waals surface area (Å²) in [5, 5.41) is 14.5. The van der Waals surface area contributed by atoms with Crippen molar-refractivity contribution in [3.63, 3.8) is 0 Å². The maximum Gasteiger partial charge on any atom is 0.293 e. The molecule has 3 rings (SSSR count). The third-order valence-electron chi connectivity index (χ3n) is 4.49. The third-order valence-corrected chi connectivity index (χ3v) is 6.38. The van der Waals surface area contributed by atoms with Crippen LogP contribution in [0.2, 0.25) is 0 Å². The average Bonchev–Trinajstić information content (AvgIpc) is 3.22. The number of nitro groups is 1. The van der Waals surface area contributed by atoms with Gasteiger partial charge in [0, 0.05) is 25.7 Å². The lowest BCUT2D eigenvalue weighted by molar-refractivity contribution is -0.384. The van der Waals surface area contributed by atoms with E-state index in [1.807, 2.05) is 24.3 Å². The Morgan fingerprint density at radius 2 is 1.93 bits per heavy atom. The van der Waals surface area contributed by atoms with Crippen molar-refractivity contribution in [1.82, 2.24) is 4.31 Å². The number of benzene rings is 2. The molecule has 0 saturated carbocycles. The highest BCUT2D eigenvalue weighted by molar-refractivity contribution is 7.89. The Labute approximate surface area is 158 Å². The van der Waals surface area contributed by atoms with Gasteiger partial charge in [-0.3, -0.25) is 10.1 Å². The van der Waals surface area contributed by atoms with Crippen LogP contribution in [0.4, 0.5) is 11.4 Å². The summed E-state index contributed by atoms with van der Waals surface area (Å²) in [4.78, 5) is 10.8. The Hall–Kier alpha value is -2.65. The fourth-order valence-electron chi connectivity index (χ4n) is 3.03. The highest BCUT2D eigenvalue weighted by Gasteiger charge is 2.29. The molecule has 2 aromatic rings. The minimum atomic E-state index is -3.70. The number of hydrogen-bond acceptors (Lipinski definition) is 6. The molecule has 1 heterocycles. The van der Waals surface area contributed by atoms with Crippen LogP contribution in [-0.2, 0) is 16.6 Å². The molecule has 0 atom stereocenters. The normalized spacial score (nSPS) is 14.9. The maximum absolute atomic E-state index is 12.6. The average molecular weight is 391 g/mol. The number of ether oxygens (including phenoxy) is 1. The molecule has 27 heavy (non-hydrogen) atoms. The number of hydrogen-bond donors (Lipinski definition) is 1. The monoisotopic (exact) mass is 391 g/mol. The lowest BCUT2D eigenvalue weighted by atomic mass is 10.2. The molecule has 0 aliphatic carbocycles. The molecule has 1 fully saturated rings. The summed E-state index contributed by atoms with van der Waals surface area (Å²) in [5.74, 6) is 0.691. The van der Waals surface area contributed by atoms with Gasteiger partial charge in [-0.2, -0.15) is 4.31 Å². The first-order valence-electron chi connectivity index (χ1n) is 8.57. The number of sulfonamides is 1. The van der Waals surface area contributed by atoms with Gasteiger partial charge < -0.3 is 10.1 Å². The molecule has 0 unspecified atom stereocenters. The maximum atomic E-state index is 12.6. The van der Waals surface area contributed by atoms with Crippen molar-refractivity contribution < 1.29 is 18.1 Å². The van der Waals surface area contributed by atoms with E-state index >= 15 is 0 Å². The van der Waals surface area contributed by atoms with Crippen LogP contribution >= 0.6 is 0 Å². The van der Waals surface area contributed by atoms with Crippen molar-refractivity contribution in [1.29, 1.82) is 0 Å². The smallest absolute Gasteiger partial charge is 0.293 e. The summed E-state index contributed by atoms with van der Waals surface area (Å²) in [6.45, 7) is 1.24. The quantitative estimate of drug-likeness (QED) is 0.575. The van der Waals surface area contributed by atoms with Crippen LogP contribution in [0.3, 0.4) is 0 Å². The molecule has 0 amide bonds. The summed E-state index contributed by atoms with van der Waals surface area (Å²) in [5.41, 5.74) is 0.888. The second-order valence-electron chi connectivity index (χ2n) is 6.25. The first-order valence-corrected chi connectivity index (χ1v) is 10.0.